The van der Waals surface area contributed by atoms with Crippen molar-refractivity contribution in [2.75, 3.05) is 0 Å². The highest BCUT2D eigenvalue weighted by Gasteiger charge is 2.23. The Kier molecular flexibility index (Phi) is 4.84. The molecule has 1 unspecified atom stereocenters. The third-order valence-electron chi connectivity index (χ3n) is 2.59. The molecule has 0 aliphatic heterocycles. The molecular formula is C13H16O4. The van der Waals surface area contributed by atoms with Gasteiger partial charge in [0.05, 0.1) is 5.92 Å². The van der Waals surface area contributed by atoms with E-state index in [-0.39, 0.29) is 6.42 Å². The maximum absolute atomic E-state index is 11.3. The van der Waals surface area contributed by atoms with Gasteiger partial charge in [-0.2, -0.15) is 0 Å². The Labute approximate surface area is 99.9 Å². The molecule has 0 radical (unpaired) electrons. The van der Waals surface area contributed by atoms with Crippen molar-refractivity contribution >= 4 is 11.8 Å². The van der Waals surface area contributed by atoms with Gasteiger partial charge in [0, 0.05) is 6.42 Å². The molecular weight excluding hydrogens is 220 g/mol. The summed E-state index contributed by atoms with van der Waals surface area (Å²) >= 11 is 0. The van der Waals surface area contributed by atoms with Crippen molar-refractivity contribution in [3.05, 3.63) is 35.9 Å². The number of aliphatic hydroxyl groups is 1. The average Bonchev–Trinajstić information content (AvgIpc) is 2.29. The molecule has 0 aliphatic rings. The Bertz CT molecular complexity index is 384. The number of carbonyl (C=O) groups excluding carboxylic acids is 1. The highest BCUT2D eigenvalue weighted by atomic mass is 16.4. The van der Waals surface area contributed by atoms with E-state index in [2.05, 4.69) is 0 Å². The van der Waals surface area contributed by atoms with Gasteiger partial charge in [-0.1, -0.05) is 30.3 Å². The number of rotatable bonds is 6. The van der Waals surface area contributed by atoms with Gasteiger partial charge < -0.3 is 10.2 Å². The second kappa shape index (κ2) is 6.15. The first-order chi connectivity index (χ1) is 8.00. The minimum Gasteiger partial charge on any atom is -0.481 e. The van der Waals surface area contributed by atoms with Gasteiger partial charge in [-0.25, -0.2) is 0 Å². The summed E-state index contributed by atoms with van der Waals surface area (Å²) in [5.74, 6) is -2.23. The summed E-state index contributed by atoms with van der Waals surface area (Å²) in [6, 6.07) is 9.14. The molecule has 2 N–H and O–H groups in total. The lowest BCUT2D eigenvalue weighted by atomic mass is 9.93. The predicted molar refractivity (Wildman–Crippen MR) is 62.6 cm³/mol. The summed E-state index contributed by atoms with van der Waals surface area (Å²) in [4.78, 5) is 22.4. The first-order valence-corrected chi connectivity index (χ1v) is 5.48. The molecule has 0 spiro atoms. The van der Waals surface area contributed by atoms with Crippen molar-refractivity contribution in [3.63, 3.8) is 0 Å². The van der Waals surface area contributed by atoms with Crippen LogP contribution in [0.1, 0.15) is 18.9 Å². The third kappa shape index (κ3) is 4.36. The Morgan fingerprint density at radius 2 is 1.82 bits per heavy atom. The number of hydrogen-bond donors (Lipinski definition) is 2. The fourth-order valence-electron chi connectivity index (χ4n) is 1.56. The number of benzene rings is 1. The van der Waals surface area contributed by atoms with E-state index in [1.165, 1.54) is 6.92 Å². The highest BCUT2D eigenvalue weighted by Crippen LogP contribution is 2.14. The number of ketones is 1. The zero-order valence-corrected chi connectivity index (χ0v) is 9.67. The van der Waals surface area contributed by atoms with E-state index >= 15 is 0 Å². The van der Waals surface area contributed by atoms with Gasteiger partial charge in [0.15, 0.2) is 5.78 Å². The standard InChI is InChI=1S/C13H16O4/c1-9(14)12(15)8-11(13(16)17)7-10-5-3-2-4-6-10/h2-6,9,11,14H,7-8H2,1H3,(H,16,17)/t9-,11?/m0/s1. The quantitative estimate of drug-likeness (QED) is 0.780. The van der Waals surface area contributed by atoms with Crippen LogP contribution in [0.2, 0.25) is 0 Å². The third-order valence-corrected chi connectivity index (χ3v) is 2.59. The van der Waals surface area contributed by atoms with Crippen LogP contribution in [-0.2, 0) is 16.0 Å². The van der Waals surface area contributed by atoms with Crippen LogP contribution in [0.15, 0.2) is 30.3 Å². The number of hydrogen-bond acceptors (Lipinski definition) is 3. The number of Topliss-reactive ketones (excluding diaryl/α,β-unsaturated/α-hetero) is 1. The number of carbonyl (C=O) groups is 2. The van der Waals surface area contributed by atoms with Crippen molar-refractivity contribution < 1.29 is 19.8 Å². The maximum atomic E-state index is 11.3. The molecule has 1 aromatic carbocycles. The summed E-state index contributed by atoms with van der Waals surface area (Å²) < 4.78 is 0. The van der Waals surface area contributed by atoms with Gasteiger partial charge in [-0.05, 0) is 18.9 Å². The molecule has 2 atom stereocenters. The lowest BCUT2D eigenvalue weighted by Gasteiger charge is -2.12. The van der Waals surface area contributed by atoms with Gasteiger partial charge in [0.25, 0.3) is 0 Å². The van der Waals surface area contributed by atoms with Crippen LogP contribution in [-0.4, -0.2) is 28.1 Å². The van der Waals surface area contributed by atoms with E-state index in [0.717, 1.165) is 5.56 Å². The van der Waals surface area contributed by atoms with E-state index in [1.54, 1.807) is 0 Å². The smallest absolute Gasteiger partial charge is 0.307 e. The average molecular weight is 236 g/mol. The lowest BCUT2D eigenvalue weighted by molar-refractivity contribution is -0.144. The predicted octanol–water partition coefficient (Wildman–Crippen LogP) is 1.27. The van der Waals surface area contributed by atoms with Crippen molar-refractivity contribution in [2.45, 2.75) is 25.9 Å². The van der Waals surface area contributed by atoms with Crippen LogP contribution >= 0.6 is 0 Å². The fourth-order valence-corrected chi connectivity index (χ4v) is 1.56. The van der Waals surface area contributed by atoms with Gasteiger partial charge in [0.1, 0.15) is 6.10 Å². The maximum Gasteiger partial charge on any atom is 0.307 e. The molecule has 92 valence electrons. The fraction of sp³-hybridized carbons (Fsp3) is 0.385. The molecule has 0 saturated carbocycles. The van der Waals surface area contributed by atoms with Crippen LogP contribution in [0.4, 0.5) is 0 Å². The number of aliphatic carboxylic acids is 1. The minimum atomic E-state index is -1.10. The summed E-state index contributed by atoms with van der Waals surface area (Å²) in [6.45, 7) is 1.35. The van der Waals surface area contributed by atoms with Gasteiger partial charge >= 0.3 is 5.97 Å². The summed E-state index contributed by atoms with van der Waals surface area (Å²) in [7, 11) is 0. The molecule has 0 heterocycles. The Morgan fingerprint density at radius 1 is 1.24 bits per heavy atom. The molecule has 4 nitrogen and oxygen atoms in total. The van der Waals surface area contributed by atoms with Crippen LogP contribution in [0.25, 0.3) is 0 Å². The second-order valence-electron chi connectivity index (χ2n) is 4.07. The molecule has 1 aromatic rings. The second-order valence-corrected chi connectivity index (χ2v) is 4.07. The monoisotopic (exact) mass is 236 g/mol. The SMILES string of the molecule is C[C@H](O)C(=O)CC(Cc1ccccc1)C(=O)O. The van der Waals surface area contributed by atoms with Crippen molar-refractivity contribution in [1.29, 1.82) is 0 Å². The molecule has 0 bridgehead atoms. The molecule has 0 fully saturated rings. The number of carboxylic acid groups (broad SMARTS) is 1. The Balaban J connectivity index is 2.68. The zero-order chi connectivity index (χ0) is 12.8. The number of aliphatic hydroxyl groups excluding tert-OH is 1. The molecule has 0 saturated heterocycles. The molecule has 4 heteroatoms. The summed E-state index contributed by atoms with van der Waals surface area (Å²) in [5.41, 5.74) is 0.873. The summed E-state index contributed by atoms with van der Waals surface area (Å²) in [5, 5.41) is 18.1. The Morgan fingerprint density at radius 3 is 2.29 bits per heavy atom. The first-order valence-electron chi connectivity index (χ1n) is 5.48. The highest BCUT2D eigenvalue weighted by molar-refractivity contribution is 5.86. The zero-order valence-electron chi connectivity index (χ0n) is 9.67. The van der Waals surface area contributed by atoms with Crippen molar-refractivity contribution in [2.24, 2.45) is 5.92 Å². The van der Waals surface area contributed by atoms with Crippen molar-refractivity contribution in [1.82, 2.24) is 0 Å². The summed E-state index contributed by atoms with van der Waals surface area (Å²) in [6.07, 6.45) is -0.941. The van der Waals surface area contributed by atoms with Gasteiger partial charge in [-0.15, -0.1) is 0 Å². The van der Waals surface area contributed by atoms with E-state index in [0.29, 0.717) is 6.42 Å². The van der Waals surface area contributed by atoms with Crippen LogP contribution in [0.5, 0.6) is 0 Å². The molecule has 0 amide bonds. The topological polar surface area (TPSA) is 74.6 Å². The van der Waals surface area contributed by atoms with Crippen LogP contribution in [0.3, 0.4) is 0 Å². The molecule has 1 rings (SSSR count). The van der Waals surface area contributed by atoms with Crippen LogP contribution in [0, 0.1) is 5.92 Å². The van der Waals surface area contributed by atoms with Gasteiger partial charge in [-0.3, -0.25) is 9.59 Å². The van der Waals surface area contributed by atoms with E-state index in [4.69, 9.17) is 10.2 Å². The normalized spacial score (nSPS) is 14.0. The first kappa shape index (κ1) is 13.4. The van der Waals surface area contributed by atoms with E-state index in [9.17, 15) is 9.59 Å². The minimum absolute atomic E-state index is 0.137. The lowest BCUT2D eigenvalue weighted by Crippen LogP contribution is -2.25. The largest absolute Gasteiger partial charge is 0.481 e. The molecule has 0 aromatic heterocycles. The van der Waals surface area contributed by atoms with E-state index < -0.39 is 23.8 Å². The van der Waals surface area contributed by atoms with Crippen LogP contribution < -0.4 is 0 Å². The van der Waals surface area contributed by atoms with Gasteiger partial charge in [0.2, 0.25) is 0 Å². The van der Waals surface area contributed by atoms with Crippen molar-refractivity contribution in [3.8, 4) is 0 Å². The molecule has 0 aliphatic carbocycles. The number of carboxylic acids is 1. The molecule has 17 heavy (non-hydrogen) atoms. The Hall–Kier alpha value is -1.68. The van der Waals surface area contributed by atoms with E-state index in [1.807, 2.05) is 30.3 Å².